The molecule has 0 spiro atoms. The molecule has 4 rings (SSSR count). The summed E-state index contributed by atoms with van der Waals surface area (Å²) in [6.45, 7) is 0. The highest BCUT2D eigenvalue weighted by Gasteiger charge is 2.25. The van der Waals surface area contributed by atoms with E-state index in [-0.39, 0.29) is 18.1 Å². The Kier molecular flexibility index (Phi) is 4.75. The number of amides is 1. The minimum atomic E-state index is -0.177. The molecule has 2 heterocycles. The summed E-state index contributed by atoms with van der Waals surface area (Å²) >= 11 is 0. The first kappa shape index (κ1) is 17.1. The maximum Gasteiger partial charge on any atom is 0.287 e. The standard InChI is InChI=1S/C21H19N3O3/c22-12-14-5-10-20(23-13-14)26-17-8-6-16(7-9-17)24-21(25)19-11-15-3-1-2-4-18(15)27-19/h1-5,10-11,13,16-17H,6-9H2,(H,24,25). The van der Waals surface area contributed by atoms with Gasteiger partial charge in [0, 0.05) is 23.7 Å². The van der Waals surface area contributed by atoms with Gasteiger partial charge in [-0.25, -0.2) is 4.98 Å². The van der Waals surface area contributed by atoms with Gasteiger partial charge in [0.25, 0.3) is 5.91 Å². The number of hydrogen-bond acceptors (Lipinski definition) is 5. The lowest BCUT2D eigenvalue weighted by Crippen LogP contribution is -2.39. The summed E-state index contributed by atoms with van der Waals surface area (Å²) in [5.41, 5.74) is 1.23. The Labute approximate surface area is 156 Å². The topological polar surface area (TPSA) is 88.1 Å². The number of pyridine rings is 1. The van der Waals surface area contributed by atoms with Crippen molar-refractivity contribution in [1.29, 1.82) is 5.26 Å². The van der Waals surface area contributed by atoms with Crippen molar-refractivity contribution >= 4 is 16.9 Å². The predicted molar refractivity (Wildman–Crippen MR) is 99.3 cm³/mol. The number of benzene rings is 1. The van der Waals surface area contributed by atoms with Crippen LogP contribution in [0.2, 0.25) is 0 Å². The quantitative estimate of drug-likeness (QED) is 0.763. The molecule has 1 aliphatic carbocycles. The van der Waals surface area contributed by atoms with Gasteiger partial charge >= 0.3 is 0 Å². The molecule has 1 fully saturated rings. The number of aromatic nitrogens is 1. The molecular formula is C21H19N3O3. The van der Waals surface area contributed by atoms with Gasteiger partial charge in [-0.1, -0.05) is 18.2 Å². The van der Waals surface area contributed by atoms with E-state index in [1.54, 1.807) is 18.2 Å². The molecular weight excluding hydrogens is 342 g/mol. The molecule has 1 aliphatic rings. The molecule has 2 aromatic heterocycles. The van der Waals surface area contributed by atoms with E-state index in [0.29, 0.717) is 17.2 Å². The molecule has 1 aromatic carbocycles. The van der Waals surface area contributed by atoms with E-state index >= 15 is 0 Å². The molecule has 3 aromatic rings. The Balaban J connectivity index is 1.29. The number of nitriles is 1. The summed E-state index contributed by atoms with van der Waals surface area (Å²) in [6, 6.07) is 14.9. The highest BCUT2D eigenvalue weighted by molar-refractivity contribution is 5.96. The molecule has 0 unspecified atom stereocenters. The van der Waals surface area contributed by atoms with Gasteiger partial charge in [-0.05, 0) is 43.9 Å². The van der Waals surface area contributed by atoms with Crippen molar-refractivity contribution in [2.24, 2.45) is 0 Å². The monoisotopic (exact) mass is 361 g/mol. The van der Waals surface area contributed by atoms with Crippen molar-refractivity contribution < 1.29 is 13.9 Å². The SMILES string of the molecule is N#Cc1ccc(OC2CCC(NC(=O)c3cc4ccccc4o3)CC2)nc1. The highest BCUT2D eigenvalue weighted by Crippen LogP contribution is 2.24. The number of nitrogens with zero attached hydrogens (tertiary/aromatic N) is 2. The van der Waals surface area contributed by atoms with Crippen LogP contribution in [0.4, 0.5) is 0 Å². The molecule has 6 nitrogen and oxygen atoms in total. The van der Waals surface area contributed by atoms with Crippen LogP contribution in [-0.4, -0.2) is 23.0 Å². The Morgan fingerprint density at radius 1 is 1.19 bits per heavy atom. The Hall–Kier alpha value is -3.33. The van der Waals surface area contributed by atoms with Crippen LogP contribution in [0.3, 0.4) is 0 Å². The Morgan fingerprint density at radius 2 is 2.00 bits per heavy atom. The van der Waals surface area contributed by atoms with E-state index in [9.17, 15) is 4.79 Å². The summed E-state index contributed by atoms with van der Waals surface area (Å²) in [5.74, 6) is 0.699. The van der Waals surface area contributed by atoms with E-state index in [0.717, 1.165) is 36.7 Å². The summed E-state index contributed by atoms with van der Waals surface area (Å²) < 4.78 is 11.5. The number of carbonyl (C=O) groups is 1. The number of ether oxygens (including phenoxy) is 1. The fraction of sp³-hybridized carbons (Fsp3) is 0.286. The van der Waals surface area contributed by atoms with Crippen molar-refractivity contribution in [3.63, 3.8) is 0 Å². The van der Waals surface area contributed by atoms with Gasteiger partial charge in [0.2, 0.25) is 5.88 Å². The zero-order chi connectivity index (χ0) is 18.6. The number of furan rings is 1. The first-order valence-electron chi connectivity index (χ1n) is 9.03. The average Bonchev–Trinajstić information content (AvgIpc) is 3.14. The Morgan fingerprint density at radius 3 is 2.70 bits per heavy atom. The second-order valence-corrected chi connectivity index (χ2v) is 6.71. The Bertz CT molecular complexity index is 947. The first-order valence-corrected chi connectivity index (χ1v) is 9.03. The minimum absolute atomic E-state index is 0.0739. The van der Waals surface area contributed by atoms with Crippen LogP contribution in [0.1, 0.15) is 41.8 Å². The molecule has 6 heteroatoms. The van der Waals surface area contributed by atoms with Crippen molar-refractivity contribution in [2.75, 3.05) is 0 Å². The molecule has 136 valence electrons. The fourth-order valence-corrected chi connectivity index (χ4v) is 3.36. The van der Waals surface area contributed by atoms with Gasteiger partial charge in [-0.3, -0.25) is 4.79 Å². The summed E-state index contributed by atoms with van der Waals surface area (Å²) in [7, 11) is 0. The van der Waals surface area contributed by atoms with Crippen molar-refractivity contribution in [3.05, 3.63) is 60.0 Å². The molecule has 1 saturated carbocycles. The number of fused-ring (bicyclic) bond motifs is 1. The van der Waals surface area contributed by atoms with Crippen LogP contribution < -0.4 is 10.1 Å². The highest BCUT2D eigenvalue weighted by atomic mass is 16.5. The summed E-state index contributed by atoms with van der Waals surface area (Å²) in [5, 5.41) is 12.8. The van der Waals surface area contributed by atoms with E-state index in [2.05, 4.69) is 10.3 Å². The number of hydrogen-bond donors (Lipinski definition) is 1. The van der Waals surface area contributed by atoms with Crippen LogP contribution >= 0.6 is 0 Å². The fourth-order valence-electron chi connectivity index (χ4n) is 3.36. The van der Waals surface area contributed by atoms with E-state index in [4.69, 9.17) is 14.4 Å². The zero-order valence-corrected chi connectivity index (χ0v) is 14.7. The number of rotatable bonds is 4. The molecule has 0 aliphatic heterocycles. The smallest absolute Gasteiger partial charge is 0.287 e. The summed E-state index contributed by atoms with van der Waals surface area (Å²) in [6.07, 6.45) is 4.94. The normalized spacial score (nSPS) is 19.4. The molecule has 27 heavy (non-hydrogen) atoms. The number of para-hydroxylation sites is 1. The van der Waals surface area contributed by atoms with Gasteiger partial charge in [-0.15, -0.1) is 0 Å². The molecule has 0 atom stereocenters. The molecule has 1 N–H and O–H groups in total. The third kappa shape index (κ3) is 3.93. The van der Waals surface area contributed by atoms with Crippen LogP contribution in [0.15, 0.2) is 53.1 Å². The molecule has 0 bridgehead atoms. The van der Waals surface area contributed by atoms with E-state index < -0.39 is 0 Å². The van der Waals surface area contributed by atoms with Gasteiger partial charge in [0.1, 0.15) is 17.8 Å². The minimum Gasteiger partial charge on any atom is -0.474 e. The van der Waals surface area contributed by atoms with Gasteiger partial charge in [-0.2, -0.15) is 5.26 Å². The third-order valence-electron chi connectivity index (χ3n) is 4.81. The number of nitrogens with one attached hydrogen (secondary N) is 1. The lowest BCUT2D eigenvalue weighted by Gasteiger charge is -2.28. The number of carbonyl (C=O) groups excluding carboxylic acids is 1. The zero-order valence-electron chi connectivity index (χ0n) is 14.7. The lowest BCUT2D eigenvalue weighted by atomic mass is 9.93. The average molecular weight is 361 g/mol. The van der Waals surface area contributed by atoms with Gasteiger partial charge in [0.05, 0.1) is 5.56 Å². The second-order valence-electron chi connectivity index (χ2n) is 6.71. The van der Waals surface area contributed by atoms with Gasteiger partial charge in [0.15, 0.2) is 5.76 Å². The van der Waals surface area contributed by atoms with Crippen LogP contribution in [0.5, 0.6) is 5.88 Å². The van der Waals surface area contributed by atoms with Gasteiger partial charge < -0.3 is 14.5 Å². The van der Waals surface area contributed by atoms with Crippen LogP contribution in [0.25, 0.3) is 11.0 Å². The molecule has 0 saturated heterocycles. The predicted octanol–water partition coefficient (Wildman–Crippen LogP) is 3.82. The van der Waals surface area contributed by atoms with Crippen molar-refractivity contribution in [3.8, 4) is 11.9 Å². The summed E-state index contributed by atoms with van der Waals surface area (Å²) in [4.78, 5) is 16.6. The van der Waals surface area contributed by atoms with Crippen LogP contribution in [0, 0.1) is 11.3 Å². The van der Waals surface area contributed by atoms with Crippen molar-refractivity contribution in [1.82, 2.24) is 10.3 Å². The lowest BCUT2D eigenvalue weighted by molar-refractivity contribution is 0.0865. The second kappa shape index (κ2) is 7.50. The first-order chi connectivity index (χ1) is 13.2. The molecule has 0 radical (unpaired) electrons. The van der Waals surface area contributed by atoms with Crippen LogP contribution in [-0.2, 0) is 0 Å². The maximum absolute atomic E-state index is 12.4. The maximum atomic E-state index is 12.4. The largest absolute Gasteiger partial charge is 0.474 e. The van der Waals surface area contributed by atoms with Crippen molar-refractivity contribution in [2.45, 2.75) is 37.8 Å². The molecule has 1 amide bonds. The third-order valence-corrected chi connectivity index (χ3v) is 4.81. The van der Waals surface area contributed by atoms with E-state index in [1.165, 1.54) is 6.20 Å². The van der Waals surface area contributed by atoms with E-state index in [1.807, 2.05) is 30.3 Å².